The molecule has 0 bridgehead atoms. The number of primary amides is 1. The largest absolute Gasteiger partial charge is 0.369 e. The Morgan fingerprint density at radius 1 is 1.78 bits per heavy atom. The molecule has 0 radical (unpaired) electrons. The Morgan fingerprint density at radius 2 is 2.33 bits per heavy atom. The van der Waals surface area contributed by atoms with E-state index in [1.54, 1.807) is 0 Å². The summed E-state index contributed by atoms with van der Waals surface area (Å²) in [6, 6.07) is 0. The standard InChI is InChI=1S/C7H13NO/c1-5(7(8)9)4-6-2-3-6/h5-6H,2-4H2,1H3,(H2,8,9)/t5-/m0/s1. The van der Waals surface area contributed by atoms with E-state index in [0.717, 1.165) is 12.3 Å². The van der Waals surface area contributed by atoms with Gasteiger partial charge in [0.2, 0.25) is 5.91 Å². The molecule has 2 nitrogen and oxygen atoms in total. The van der Waals surface area contributed by atoms with Crippen molar-refractivity contribution in [3.05, 3.63) is 0 Å². The van der Waals surface area contributed by atoms with Gasteiger partial charge in [-0.15, -0.1) is 0 Å². The van der Waals surface area contributed by atoms with Crippen LogP contribution in [0.5, 0.6) is 0 Å². The summed E-state index contributed by atoms with van der Waals surface area (Å²) < 4.78 is 0. The first kappa shape index (κ1) is 6.59. The van der Waals surface area contributed by atoms with Crippen LogP contribution in [0.2, 0.25) is 0 Å². The minimum Gasteiger partial charge on any atom is -0.369 e. The summed E-state index contributed by atoms with van der Waals surface area (Å²) in [6.45, 7) is 1.90. The lowest BCUT2D eigenvalue weighted by molar-refractivity contribution is -0.121. The predicted molar refractivity (Wildman–Crippen MR) is 35.7 cm³/mol. The fourth-order valence-corrected chi connectivity index (χ4v) is 0.970. The highest BCUT2D eigenvalue weighted by atomic mass is 16.1. The molecule has 1 aliphatic carbocycles. The first-order chi connectivity index (χ1) is 4.20. The van der Waals surface area contributed by atoms with Crippen molar-refractivity contribution in [1.82, 2.24) is 0 Å². The number of hydrogen-bond donors (Lipinski definition) is 1. The molecule has 1 aliphatic rings. The molecule has 0 aliphatic heterocycles. The second-order valence-electron chi connectivity index (χ2n) is 2.98. The molecular formula is C7H13NO. The van der Waals surface area contributed by atoms with E-state index < -0.39 is 0 Å². The number of carbonyl (C=O) groups is 1. The molecule has 2 N–H and O–H groups in total. The summed E-state index contributed by atoms with van der Waals surface area (Å²) >= 11 is 0. The number of carbonyl (C=O) groups excluding carboxylic acids is 1. The van der Waals surface area contributed by atoms with E-state index in [1.165, 1.54) is 12.8 Å². The van der Waals surface area contributed by atoms with Gasteiger partial charge in [0.1, 0.15) is 0 Å². The van der Waals surface area contributed by atoms with Gasteiger partial charge in [0.15, 0.2) is 0 Å². The molecule has 2 heteroatoms. The van der Waals surface area contributed by atoms with Gasteiger partial charge in [-0.3, -0.25) is 4.79 Å². The maximum absolute atomic E-state index is 10.5. The van der Waals surface area contributed by atoms with Crippen molar-refractivity contribution >= 4 is 5.91 Å². The molecule has 1 fully saturated rings. The van der Waals surface area contributed by atoms with Crippen molar-refractivity contribution in [2.24, 2.45) is 17.6 Å². The quantitative estimate of drug-likeness (QED) is 0.601. The minimum atomic E-state index is -0.151. The third-order valence-electron chi connectivity index (χ3n) is 1.87. The van der Waals surface area contributed by atoms with E-state index in [1.807, 2.05) is 6.92 Å². The average Bonchev–Trinajstić information content (AvgIpc) is 2.50. The average molecular weight is 127 g/mol. The topological polar surface area (TPSA) is 43.1 Å². The van der Waals surface area contributed by atoms with Gasteiger partial charge >= 0.3 is 0 Å². The first-order valence-electron chi connectivity index (χ1n) is 3.49. The summed E-state index contributed by atoms with van der Waals surface area (Å²) in [4.78, 5) is 10.5. The van der Waals surface area contributed by atoms with Gasteiger partial charge < -0.3 is 5.73 Å². The fourth-order valence-electron chi connectivity index (χ4n) is 0.970. The summed E-state index contributed by atoms with van der Waals surface area (Å²) in [5.41, 5.74) is 5.07. The molecule has 1 amide bonds. The van der Waals surface area contributed by atoms with Crippen molar-refractivity contribution < 1.29 is 4.79 Å². The highest BCUT2D eigenvalue weighted by molar-refractivity contribution is 5.76. The molecule has 0 heterocycles. The van der Waals surface area contributed by atoms with Crippen molar-refractivity contribution in [2.75, 3.05) is 0 Å². The van der Waals surface area contributed by atoms with Gasteiger partial charge in [-0.1, -0.05) is 19.8 Å². The molecule has 0 aromatic heterocycles. The van der Waals surface area contributed by atoms with Crippen LogP contribution in [-0.2, 0) is 4.79 Å². The number of amides is 1. The van der Waals surface area contributed by atoms with E-state index in [2.05, 4.69) is 0 Å². The molecular weight excluding hydrogens is 114 g/mol. The van der Waals surface area contributed by atoms with Gasteiger partial charge in [-0.25, -0.2) is 0 Å². The lowest BCUT2D eigenvalue weighted by atomic mass is 10.0. The Bertz CT molecular complexity index is 118. The Balaban J connectivity index is 2.16. The van der Waals surface area contributed by atoms with Crippen LogP contribution in [0.25, 0.3) is 0 Å². The second kappa shape index (κ2) is 2.38. The minimum absolute atomic E-state index is 0.0949. The van der Waals surface area contributed by atoms with E-state index in [-0.39, 0.29) is 11.8 Å². The molecule has 0 saturated heterocycles. The van der Waals surface area contributed by atoms with Crippen LogP contribution in [0.1, 0.15) is 26.2 Å². The van der Waals surface area contributed by atoms with E-state index in [0.29, 0.717) is 0 Å². The molecule has 0 aromatic rings. The van der Waals surface area contributed by atoms with Gasteiger partial charge in [0.05, 0.1) is 0 Å². The summed E-state index contributed by atoms with van der Waals surface area (Å²) in [5, 5.41) is 0. The fraction of sp³-hybridized carbons (Fsp3) is 0.857. The van der Waals surface area contributed by atoms with Crippen molar-refractivity contribution in [3.8, 4) is 0 Å². The van der Waals surface area contributed by atoms with Crippen LogP contribution in [-0.4, -0.2) is 5.91 Å². The molecule has 1 rings (SSSR count). The maximum atomic E-state index is 10.5. The zero-order valence-corrected chi connectivity index (χ0v) is 5.76. The zero-order chi connectivity index (χ0) is 6.85. The normalized spacial score (nSPS) is 21.4. The molecule has 1 saturated carbocycles. The van der Waals surface area contributed by atoms with E-state index in [4.69, 9.17) is 5.73 Å². The van der Waals surface area contributed by atoms with Gasteiger partial charge in [-0.2, -0.15) is 0 Å². The smallest absolute Gasteiger partial charge is 0.220 e. The molecule has 0 spiro atoms. The highest BCUT2D eigenvalue weighted by Gasteiger charge is 2.25. The summed E-state index contributed by atoms with van der Waals surface area (Å²) in [7, 11) is 0. The number of rotatable bonds is 3. The monoisotopic (exact) mass is 127 g/mol. The van der Waals surface area contributed by atoms with Crippen LogP contribution in [0.3, 0.4) is 0 Å². The number of hydrogen-bond acceptors (Lipinski definition) is 1. The van der Waals surface area contributed by atoms with Gasteiger partial charge in [-0.05, 0) is 12.3 Å². The Kier molecular flexibility index (Phi) is 1.74. The predicted octanol–water partition coefficient (Wildman–Crippen LogP) is 0.908. The van der Waals surface area contributed by atoms with Crippen molar-refractivity contribution in [1.29, 1.82) is 0 Å². The summed E-state index contributed by atoms with van der Waals surface area (Å²) in [6.07, 6.45) is 3.62. The Hall–Kier alpha value is -0.530. The van der Waals surface area contributed by atoms with Gasteiger partial charge in [0, 0.05) is 5.92 Å². The highest BCUT2D eigenvalue weighted by Crippen LogP contribution is 2.34. The molecule has 0 unspecified atom stereocenters. The van der Waals surface area contributed by atoms with Crippen molar-refractivity contribution in [3.63, 3.8) is 0 Å². The van der Waals surface area contributed by atoms with Crippen LogP contribution in [0.15, 0.2) is 0 Å². The third-order valence-corrected chi connectivity index (χ3v) is 1.87. The molecule has 9 heavy (non-hydrogen) atoms. The van der Waals surface area contributed by atoms with Crippen LogP contribution < -0.4 is 5.73 Å². The first-order valence-corrected chi connectivity index (χ1v) is 3.49. The Morgan fingerprint density at radius 3 is 2.67 bits per heavy atom. The Labute approximate surface area is 55.4 Å². The summed E-state index contributed by atoms with van der Waals surface area (Å²) in [5.74, 6) is 0.756. The second-order valence-corrected chi connectivity index (χ2v) is 2.98. The third kappa shape index (κ3) is 2.04. The van der Waals surface area contributed by atoms with Crippen LogP contribution in [0, 0.1) is 11.8 Å². The SMILES string of the molecule is C[C@@H](CC1CC1)C(N)=O. The van der Waals surface area contributed by atoms with Crippen LogP contribution >= 0.6 is 0 Å². The molecule has 52 valence electrons. The number of nitrogens with two attached hydrogens (primary N) is 1. The van der Waals surface area contributed by atoms with E-state index >= 15 is 0 Å². The van der Waals surface area contributed by atoms with Crippen LogP contribution in [0.4, 0.5) is 0 Å². The molecule has 1 atom stereocenters. The van der Waals surface area contributed by atoms with E-state index in [9.17, 15) is 4.79 Å². The van der Waals surface area contributed by atoms with Gasteiger partial charge in [0.25, 0.3) is 0 Å². The van der Waals surface area contributed by atoms with Crippen molar-refractivity contribution in [2.45, 2.75) is 26.2 Å². The maximum Gasteiger partial charge on any atom is 0.220 e. The lowest BCUT2D eigenvalue weighted by Crippen LogP contribution is -2.20. The zero-order valence-electron chi connectivity index (χ0n) is 5.76. The lowest BCUT2D eigenvalue weighted by Gasteiger charge is -2.02. The molecule has 0 aromatic carbocycles.